The average molecular weight is 371 g/mol. The molecule has 6 heteroatoms. The molecule has 0 radical (unpaired) electrons. The first-order valence-electron chi connectivity index (χ1n) is 8.51. The van der Waals surface area contributed by atoms with Crippen molar-refractivity contribution in [3.8, 4) is 11.5 Å². The Morgan fingerprint density at radius 2 is 1.73 bits per heavy atom. The van der Waals surface area contributed by atoms with E-state index >= 15 is 0 Å². The van der Waals surface area contributed by atoms with E-state index in [0.29, 0.717) is 24.5 Å². The lowest BCUT2D eigenvalue weighted by atomic mass is 10.1. The normalized spacial score (nSPS) is 14.2. The predicted molar refractivity (Wildman–Crippen MR) is 102 cm³/mol. The van der Waals surface area contributed by atoms with Gasteiger partial charge in [-0.05, 0) is 56.3 Å². The topological polar surface area (TPSA) is 64.6 Å². The first-order valence-corrected chi connectivity index (χ1v) is 9.39. The third kappa shape index (κ3) is 4.58. The van der Waals surface area contributed by atoms with Crippen LogP contribution in [0.2, 0.25) is 0 Å². The monoisotopic (exact) mass is 371 g/mol. The van der Waals surface area contributed by atoms with Crippen LogP contribution in [-0.4, -0.2) is 30.2 Å². The quantitative estimate of drug-likeness (QED) is 0.631. The molecule has 1 N–H and O–H groups in total. The number of hydrogen-bond acceptors (Lipinski definition) is 5. The molecule has 0 spiro atoms. The molecule has 1 heterocycles. The van der Waals surface area contributed by atoms with Gasteiger partial charge in [-0.3, -0.25) is 9.59 Å². The highest BCUT2D eigenvalue weighted by molar-refractivity contribution is 8.00. The van der Waals surface area contributed by atoms with E-state index in [0.717, 1.165) is 22.8 Å². The third-order valence-corrected chi connectivity index (χ3v) is 5.05. The van der Waals surface area contributed by atoms with Crippen molar-refractivity contribution in [2.45, 2.75) is 30.4 Å². The number of ether oxygens (including phenoxy) is 2. The molecular weight excluding hydrogens is 350 g/mol. The molecule has 0 saturated carbocycles. The molecule has 1 unspecified atom stereocenters. The molecule has 0 fully saturated rings. The van der Waals surface area contributed by atoms with Crippen molar-refractivity contribution in [1.29, 1.82) is 0 Å². The number of carbonyl (C=O) groups excluding carboxylic acids is 2. The minimum absolute atomic E-state index is 0.00112. The maximum absolute atomic E-state index is 12.4. The number of carbonyl (C=O) groups is 2. The summed E-state index contributed by atoms with van der Waals surface area (Å²) in [6.45, 7) is 4.66. The van der Waals surface area contributed by atoms with E-state index in [1.54, 1.807) is 24.3 Å². The molecule has 26 heavy (non-hydrogen) atoms. The van der Waals surface area contributed by atoms with Crippen LogP contribution in [0.4, 0.5) is 5.69 Å². The molecule has 1 amide bonds. The van der Waals surface area contributed by atoms with E-state index in [2.05, 4.69) is 5.32 Å². The second-order valence-electron chi connectivity index (χ2n) is 6.04. The Morgan fingerprint density at radius 3 is 2.42 bits per heavy atom. The van der Waals surface area contributed by atoms with Gasteiger partial charge in [0.2, 0.25) is 5.91 Å². The summed E-state index contributed by atoms with van der Waals surface area (Å²) in [4.78, 5) is 24.7. The zero-order chi connectivity index (χ0) is 18.5. The zero-order valence-corrected chi connectivity index (χ0v) is 15.6. The van der Waals surface area contributed by atoms with E-state index in [9.17, 15) is 9.59 Å². The van der Waals surface area contributed by atoms with Gasteiger partial charge >= 0.3 is 0 Å². The van der Waals surface area contributed by atoms with Crippen molar-refractivity contribution in [2.24, 2.45) is 0 Å². The number of hydrogen-bond donors (Lipinski definition) is 1. The number of amides is 1. The van der Waals surface area contributed by atoms with Crippen LogP contribution in [0.3, 0.4) is 0 Å². The third-order valence-electron chi connectivity index (χ3n) is 3.96. The number of thioether (sulfide) groups is 1. The van der Waals surface area contributed by atoms with Gasteiger partial charge in [0, 0.05) is 22.6 Å². The van der Waals surface area contributed by atoms with Crippen LogP contribution < -0.4 is 14.8 Å². The smallest absolute Gasteiger partial charge is 0.237 e. The Labute approximate surface area is 157 Å². The summed E-state index contributed by atoms with van der Waals surface area (Å²) in [6, 6.07) is 12.6. The predicted octanol–water partition coefficient (Wildman–Crippen LogP) is 4.17. The minimum Gasteiger partial charge on any atom is -0.490 e. The maximum atomic E-state index is 12.4. The zero-order valence-electron chi connectivity index (χ0n) is 14.8. The van der Waals surface area contributed by atoms with Crippen LogP contribution in [0.5, 0.6) is 11.5 Å². The molecule has 1 atom stereocenters. The summed E-state index contributed by atoms with van der Waals surface area (Å²) in [5, 5.41) is 2.59. The average Bonchev–Trinajstić information content (AvgIpc) is 2.87. The lowest BCUT2D eigenvalue weighted by molar-refractivity contribution is -0.115. The molecule has 2 aromatic rings. The van der Waals surface area contributed by atoms with E-state index in [4.69, 9.17) is 9.47 Å². The highest BCUT2D eigenvalue weighted by Crippen LogP contribution is 2.35. The summed E-state index contributed by atoms with van der Waals surface area (Å²) in [7, 11) is 0. The van der Waals surface area contributed by atoms with E-state index in [-0.39, 0.29) is 16.9 Å². The standard InChI is InChI=1S/C20H21NO4S/c1-13(22)15-4-6-16(7-5-15)21-20(23)14(2)26-17-8-9-18-19(12-17)25-11-3-10-24-18/h4-9,12,14H,3,10-11H2,1-2H3,(H,21,23). The van der Waals surface area contributed by atoms with Crippen LogP contribution in [0.1, 0.15) is 30.6 Å². The number of ketones is 1. The SMILES string of the molecule is CC(=O)c1ccc(NC(=O)C(C)Sc2ccc3c(c2)OCCCO3)cc1. The van der Waals surface area contributed by atoms with Gasteiger partial charge in [-0.15, -0.1) is 11.8 Å². The summed E-state index contributed by atoms with van der Waals surface area (Å²) in [6.07, 6.45) is 0.860. The number of anilines is 1. The van der Waals surface area contributed by atoms with Crippen molar-refractivity contribution < 1.29 is 19.1 Å². The van der Waals surface area contributed by atoms with Crippen molar-refractivity contribution in [2.75, 3.05) is 18.5 Å². The van der Waals surface area contributed by atoms with Gasteiger partial charge in [0.05, 0.1) is 18.5 Å². The number of benzene rings is 2. The fraction of sp³-hybridized carbons (Fsp3) is 0.300. The molecule has 136 valence electrons. The number of nitrogens with one attached hydrogen (secondary N) is 1. The molecule has 3 rings (SSSR count). The van der Waals surface area contributed by atoms with Gasteiger partial charge in [-0.2, -0.15) is 0 Å². The molecule has 0 aliphatic carbocycles. The molecule has 0 bridgehead atoms. The highest BCUT2D eigenvalue weighted by Gasteiger charge is 2.17. The van der Waals surface area contributed by atoms with Gasteiger partial charge in [0.25, 0.3) is 0 Å². The van der Waals surface area contributed by atoms with Gasteiger partial charge in [-0.25, -0.2) is 0 Å². The lowest BCUT2D eigenvalue weighted by Crippen LogP contribution is -2.22. The Morgan fingerprint density at radius 1 is 1.04 bits per heavy atom. The van der Waals surface area contributed by atoms with Gasteiger partial charge in [-0.1, -0.05) is 0 Å². The number of Topliss-reactive ketones (excluding diaryl/α,β-unsaturated/α-hetero) is 1. The first kappa shape index (κ1) is 18.3. The molecule has 5 nitrogen and oxygen atoms in total. The van der Waals surface area contributed by atoms with Crippen molar-refractivity contribution in [3.05, 3.63) is 48.0 Å². The molecular formula is C20H21NO4S. The lowest BCUT2D eigenvalue weighted by Gasteiger charge is -2.14. The van der Waals surface area contributed by atoms with Gasteiger partial charge in [0.15, 0.2) is 17.3 Å². The van der Waals surface area contributed by atoms with E-state index in [1.165, 1.54) is 18.7 Å². The molecule has 1 aliphatic heterocycles. The number of fused-ring (bicyclic) bond motifs is 1. The second kappa shape index (κ2) is 8.27. The molecule has 2 aromatic carbocycles. The minimum atomic E-state index is -0.285. The van der Waals surface area contributed by atoms with Crippen LogP contribution in [0, 0.1) is 0 Å². The maximum Gasteiger partial charge on any atom is 0.237 e. The second-order valence-corrected chi connectivity index (χ2v) is 7.46. The summed E-state index contributed by atoms with van der Waals surface area (Å²) >= 11 is 1.46. The van der Waals surface area contributed by atoms with E-state index < -0.39 is 0 Å². The van der Waals surface area contributed by atoms with Crippen molar-refractivity contribution in [1.82, 2.24) is 0 Å². The summed E-state index contributed by atoms with van der Waals surface area (Å²) < 4.78 is 11.3. The van der Waals surface area contributed by atoms with Crippen LogP contribution in [0.15, 0.2) is 47.4 Å². The summed E-state index contributed by atoms with van der Waals surface area (Å²) in [5.41, 5.74) is 1.30. The Balaban J connectivity index is 1.62. The van der Waals surface area contributed by atoms with Crippen LogP contribution >= 0.6 is 11.8 Å². The van der Waals surface area contributed by atoms with E-state index in [1.807, 2.05) is 25.1 Å². The van der Waals surface area contributed by atoms with Gasteiger partial charge < -0.3 is 14.8 Å². The fourth-order valence-electron chi connectivity index (χ4n) is 2.51. The molecule has 1 aliphatic rings. The Hall–Kier alpha value is -2.47. The number of rotatable bonds is 5. The Kier molecular flexibility index (Phi) is 5.83. The molecule has 0 saturated heterocycles. The molecule has 0 aromatic heterocycles. The van der Waals surface area contributed by atoms with Crippen LogP contribution in [0.25, 0.3) is 0 Å². The van der Waals surface area contributed by atoms with Crippen molar-refractivity contribution in [3.63, 3.8) is 0 Å². The first-order chi connectivity index (χ1) is 12.5. The summed E-state index contributed by atoms with van der Waals surface area (Å²) in [5.74, 6) is 1.37. The van der Waals surface area contributed by atoms with Crippen LogP contribution in [-0.2, 0) is 4.79 Å². The van der Waals surface area contributed by atoms with Crippen molar-refractivity contribution >= 4 is 29.1 Å². The largest absolute Gasteiger partial charge is 0.490 e. The van der Waals surface area contributed by atoms with Gasteiger partial charge in [0.1, 0.15) is 0 Å². The Bertz CT molecular complexity index is 804. The highest BCUT2D eigenvalue weighted by atomic mass is 32.2. The fourth-order valence-corrected chi connectivity index (χ4v) is 3.40.